The second-order valence-electron chi connectivity index (χ2n) is 8.02. The summed E-state index contributed by atoms with van der Waals surface area (Å²) >= 11 is 0. The molecule has 1 heterocycles. The highest BCUT2D eigenvalue weighted by atomic mass is 127. The Kier molecular flexibility index (Phi) is 9.89. The van der Waals surface area contributed by atoms with Crippen LogP contribution in [0.3, 0.4) is 0 Å². The molecule has 1 saturated carbocycles. The SMILES string of the molecule is CCNC(=NCC1(CC(C)C)CCC1)NCCc1nc(C(C)C)no1.I. The van der Waals surface area contributed by atoms with E-state index in [2.05, 4.69) is 55.4 Å². The summed E-state index contributed by atoms with van der Waals surface area (Å²) in [5.74, 6) is 3.38. The van der Waals surface area contributed by atoms with Gasteiger partial charge in [-0.1, -0.05) is 39.3 Å². The first kappa shape index (κ1) is 23.2. The number of guanidine groups is 1. The second-order valence-corrected chi connectivity index (χ2v) is 8.02. The summed E-state index contributed by atoms with van der Waals surface area (Å²) < 4.78 is 5.29. The maximum Gasteiger partial charge on any atom is 0.228 e. The zero-order valence-electron chi connectivity index (χ0n) is 17.0. The van der Waals surface area contributed by atoms with Crippen LogP contribution < -0.4 is 10.6 Å². The van der Waals surface area contributed by atoms with Gasteiger partial charge in [-0.15, -0.1) is 24.0 Å². The number of aromatic nitrogens is 2. The zero-order chi connectivity index (χ0) is 18.3. The van der Waals surface area contributed by atoms with Crippen LogP contribution in [0.2, 0.25) is 0 Å². The molecule has 0 aliphatic heterocycles. The van der Waals surface area contributed by atoms with Crippen LogP contribution in [0.15, 0.2) is 9.52 Å². The Morgan fingerprint density at radius 3 is 2.46 bits per heavy atom. The van der Waals surface area contributed by atoms with E-state index >= 15 is 0 Å². The fourth-order valence-electron chi connectivity index (χ4n) is 3.45. The average Bonchev–Trinajstić information content (AvgIpc) is 2.98. The van der Waals surface area contributed by atoms with Crippen molar-refractivity contribution in [2.75, 3.05) is 19.6 Å². The molecule has 1 aliphatic carbocycles. The monoisotopic (exact) mass is 477 g/mol. The molecule has 1 aromatic heterocycles. The van der Waals surface area contributed by atoms with Crippen molar-refractivity contribution in [3.8, 4) is 0 Å². The van der Waals surface area contributed by atoms with E-state index in [1.165, 1.54) is 25.7 Å². The van der Waals surface area contributed by atoms with E-state index in [9.17, 15) is 0 Å². The minimum atomic E-state index is 0. The Morgan fingerprint density at radius 1 is 1.23 bits per heavy atom. The Bertz CT molecular complexity index is 552. The number of hydrogen-bond donors (Lipinski definition) is 2. The molecule has 1 fully saturated rings. The van der Waals surface area contributed by atoms with Crippen LogP contribution in [-0.2, 0) is 6.42 Å². The molecule has 7 heteroatoms. The van der Waals surface area contributed by atoms with E-state index in [0.717, 1.165) is 37.3 Å². The molecule has 0 unspecified atom stereocenters. The lowest BCUT2D eigenvalue weighted by Crippen LogP contribution is -2.41. The third-order valence-electron chi connectivity index (χ3n) is 4.80. The largest absolute Gasteiger partial charge is 0.357 e. The van der Waals surface area contributed by atoms with Gasteiger partial charge in [-0.2, -0.15) is 4.98 Å². The molecular formula is C19H36IN5O. The lowest BCUT2D eigenvalue weighted by molar-refractivity contribution is 0.111. The Hall–Kier alpha value is -0.860. The molecule has 26 heavy (non-hydrogen) atoms. The Morgan fingerprint density at radius 2 is 1.96 bits per heavy atom. The fourth-order valence-corrected chi connectivity index (χ4v) is 3.45. The van der Waals surface area contributed by atoms with E-state index < -0.39 is 0 Å². The third kappa shape index (κ3) is 7.04. The van der Waals surface area contributed by atoms with Gasteiger partial charge in [0.05, 0.1) is 0 Å². The normalized spacial score (nSPS) is 16.3. The first-order chi connectivity index (χ1) is 11.9. The van der Waals surface area contributed by atoms with Crippen LogP contribution >= 0.6 is 24.0 Å². The van der Waals surface area contributed by atoms with Gasteiger partial charge < -0.3 is 15.2 Å². The molecular weight excluding hydrogens is 441 g/mol. The first-order valence-corrected chi connectivity index (χ1v) is 9.79. The van der Waals surface area contributed by atoms with Crippen molar-refractivity contribution in [1.29, 1.82) is 0 Å². The highest BCUT2D eigenvalue weighted by molar-refractivity contribution is 14.0. The summed E-state index contributed by atoms with van der Waals surface area (Å²) in [6, 6.07) is 0. The molecule has 1 aliphatic rings. The number of rotatable bonds is 9. The molecule has 0 atom stereocenters. The van der Waals surface area contributed by atoms with E-state index in [4.69, 9.17) is 9.52 Å². The van der Waals surface area contributed by atoms with Gasteiger partial charge in [0.1, 0.15) is 0 Å². The number of halogens is 1. The van der Waals surface area contributed by atoms with Crippen molar-refractivity contribution in [3.63, 3.8) is 0 Å². The molecule has 0 amide bonds. The molecule has 0 radical (unpaired) electrons. The molecule has 0 spiro atoms. The van der Waals surface area contributed by atoms with Crippen molar-refractivity contribution in [3.05, 3.63) is 11.7 Å². The van der Waals surface area contributed by atoms with E-state index in [-0.39, 0.29) is 24.0 Å². The number of nitrogens with one attached hydrogen (secondary N) is 2. The summed E-state index contributed by atoms with van der Waals surface area (Å²) in [6.07, 6.45) is 5.96. The van der Waals surface area contributed by atoms with Crippen LogP contribution in [0, 0.1) is 11.3 Å². The standard InChI is InChI=1S/C19H35N5O.HI/c1-6-20-18(22-13-19(9-7-10-19)12-14(2)3)21-11-8-16-23-17(15(4)5)24-25-16;/h14-15H,6-13H2,1-5H3,(H2,20,21,22);1H. The number of aliphatic imine (C=N–C) groups is 1. The van der Waals surface area contributed by atoms with Crippen molar-refractivity contribution in [2.45, 2.75) is 72.6 Å². The highest BCUT2D eigenvalue weighted by Gasteiger charge is 2.37. The summed E-state index contributed by atoms with van der Waals surface area (Å²) in [6.45, 7) is 13.4. The van der Waals surface area contributed by atoms with Gasteiger partial charge in [0.25, 0.3) is 0 Å². The molecule has 2 rings (SSSR count). The summed E-state index contributed by atoms with van der Waals surface area (Å²) in [5, 5.41) is 10.7. The van der Waals surface area contributed by atoms with Crippen molar-refractivity contribution in [1.82, 2.24) is 20.8 Å². The van der Waals surface area contributed by atoms with Crippen molar-refractivity contribution < 1.29 is 4.52 Å². The number of hydrogen-bond acceptors (Lipinski definition) is 4. The minimum absolute atomic E-state index is 0. The summed E-state index contributed by atoms with van der Waals surface area (Å²) in [7, 11) is 0. The van der Waals surface area contributed by atoms with Crippen molar-refractivity contribution >= 4 is 29.9 Å². The quantitative estimate of drug-likeness (QED) is 0.318. The molecule has 0 aromatic carbocycles. The third-order valence-corrected chi connectivity index (χ3v) is 4.80. The summed E-state index contributed by atoms with van der Waals surface area (Å²) in [5.41, 5.74) is 0.426. The van der Waals surface area contributed by atoms with Crippen LogP contribution in [0.5, 0.6) is 0 Å². The van der Waals surface area contributed by atoms with Gasteiger partial charge in [-0.05, 0) is 37.5 Å². The molecule has 1 aromatic rings. The van der Waals surface area contributed by atoms with Crippen LogP contribution in [0.25, 0.3) is 0 Å². The first-order valence-electron chi connectivity index (χ1n) is 9.79. The molecule has 0 bridgehead atoms. The maximum atomic E-state index is 5.29. The smallest absolute Gasteiger partial charge is 0.228 e. The zero-order valence-corrected chi connectivity index (χ0v) is 19.3. The fraction of sp³-hybridized carbons (Fsp3) is 0.842. The average molecular weight is 477 g/mol. The number of nitrogens with zero attached hydrogens (tertiary/aromatic N) is 3. The van der Waals surface area contributed by atoms with Gasteiger partial charge in [0.15, 0.2) is 11.8 Å². The van der Waals surface area contributed by atoms with Gasteiger partial charge in [-0.25, -0.2) is 0 Å². The van der Waals surface area contributed by atoms with Crippen LogP contribution in [0.1, 0.15) is 77.9 Å². The Balaban J connectivity index is 0.00000338. The topological polar surface area (TPSA) is 75.3 Å². The predicted octanol–water partition coefficient (Wildman–Crippen LogP) is 4.13. The van der Waals surface area contributed by atoms with Crippen LogP contribution in [0.4, 0.5) is 0 Å². The van der Waals surface area contributed by atoms with Crippen LogP contribution in [-0.4, -0.2) is 35.7 Å². The van der Waals surface area contributed by atoms with E-state index in [1.54, 1.807) is 0 Å². The van der Waals surface area contributed by atoms with Crippen molar-refractivity contribution in [2.24, 2.45) is 16.3 Å². The van der Waals surface area contributed by atoms with Gasteiger partial charge >= 0.3 is 0 Å². The lowest BCUT2D eigenvalue weighted by atomic mass is 9.64. The molecule has 6 nitrogen and oxygen atoms in total. The predicted molar refractivity (Wildman–Crippen MR) is 117 cm³/mol. The van der Waals surface area contributed by atoms with Gasteiger partial charge in [-0.3, -0.25) is 4.99 Å². The minimum Gasteiger partial charge on any atom is -0.357 e. The highest BCUT2D eigenvalue weighted by Crippen LogP contribution is 2.46. The maximum absolute atomic E-state index is 5.29. The Labute approximate surface area is 175 Å². The van der Waals surface area contributed by atoms with Gasteiger partial charge in [0.2, 0.25) is 5.89 Å². The van der Waals surface area contributed by atoms with Gasteiger partial charge in [0, 0.05) is 32.0 Å². The van der Waals surface area contributed by atoms with E-state index in [1.807, 2.05) is 0 Å². The lowest BCUT2D eigenvalue weighted by Gasteiger charge is -2.42. The second kappa shape index (κ2) is 11.1. The summed E-state index contributed by atoms with van der Waals surface area (Å²) in [4.78, 5) is 9.27. The molecule has 0 saturated heterocycles. The molecule has 150 valence electrons. The van der Waals surface area contributed by atoms with E-state index in [0.29, 0.717) is 23.6 Å². The molecule has 2 N–H and O–H groups in total.